The van der Waals surface area contributed by atoms with Crippen molar-refractivity contribution in [2.24, 2.45) is 0 Å². The molecular formula is C15H22N4O. The number of nitrogens with zero attached hydrogens (tertiary/aromatic N) is 3. The number of fused-ring (bicyclic) bond motifs is 1. The largest absolute Gasteiger partial charge is 0.423 e. The zero-order valence-corrected chi connectivity index (χ0v) is 12.2. The van der Waals surface area contributed by atoms with E-state index in [-0.39, 0.29) is 0 Å². The number of hydrogen-bond donors (Lipinski definition) is 1. The van der Waals surface area contributed by atoms with Gasteiger partial charge in [0.25, 0.3) is 6.01 Å². The van der Waals surface area contributed by atoms with Gasteiger partial charge in [0.05, 0.1) is 0 Å². The van der Waals surface area contributed by atoms with E-state index in [1.807, 2.05) is 18.2 Å². The minimum absolute atomic E-state index is 0.452. The Morgan fingerprint density at radius 2 is 2.25 bits per heavy atom. The lowest BCUT2D eigenvalue weighted by Crippen LogP contribution is -2.40. The summed E-state index contributed by atoms with van der Waals surface area (Å²) in [5.74, 6) is 0. The molecule has 1 aliphatic heterocycles. The standard InChI is InChI=1S/C15H22N4O/c1-3-12-10-18(2)7-4-8-19(12)15-17-13-6-5-11(16)9-14(13)20-15/h5-6,9,12H,3-4,7-8,10,16H2,1-2H3. The van der Waals surface area contributed by atoms with Crippen molar-refractivity contribution in [3.05, 3.63) is 18.2 Å². The maximum Gasteiger partial charge on any atom is 0.298 e. The van der Waals surface area contributed by atoms with Crippen LogP contribution in [0.25, 0.3) is 11.1 Å². The molecular weight excluding hydrogens is 252 g/mol. The summed E-state index contributed by atoms with van der Waals surface area (Å²) in [6.07, 6.45) is 2.22. The van der Waals surface area contributed by atoms with Crippen LogP contribution in [0.2, 0.25) is 0 Å². The van der Waals surface area contributed by atoms with Crippen LogP contribution in [-0.2, 0) is 0 Å². The normalized spacial score (nSPS) is 21.3. The van der Waals surface area contributed by atoms with E-state index in [1.165, 1.54) is 0 Å². The van der Waals surface area contributed by atoms with Gasteiger partial charge >= 0.3 is 0 Å². The molecule has 1 aromatic carbocycles. The van der Waals surface area contributed by atoms with Crippen molar-refractivity contribution in [3.63, 3.8) is 0 Å². The summed E-state index contributed by atoms with van der Waals surface area (Å²) in [5.41, 5.74) is 8.16. The molecule has 0 spiro atoms. The van der Waals surface area contributed by atoms with Gasteiger partial charge in [0.1, 0.15) is 5.52 Å². The Balaban J connectivity index is 1.95. The van der Waals surface area contributed by atoms with E-state index in [1.54, 1.807) is 0 Å². The first-order valence-electron chi connectivity index (χ1n) is 7.28. The molecule has 0 aliphatic carbocycles. The summed E-state index contributed by atoms with van der Waals surface area (Å²) >= 11 is 0. The molecule has 108 valence electrons. The molecule has 1 atom stereocenters. The fraction of sp³-hybridized carbons (Fsp3) is 0.533. The van der Waals surface area contributed by atoms with Crippen LogP contribution in [0.3, 0.4) is 0 Å². The highest BCUT2D eigenvalue weighted by Crippen LogP contribution is 2.27. The van der Waals surface area contributed by atoms with E-state index >= 15 is 0 Å². The van der Waals surface area contributed by atoms with E-state index < -0.39 is 0 Å². The fourth-order valence-corrected chi connectivity index (χ4v) is 2.90. The first-order chi connectivity index (χ1) is 9.67. The highest BCUT2D eigenvalue weighted by atomic mass is 16.4. The van der Waals surface area contributed by atoms with Crippen molar-refractivity contribution in [3.8, 4) is 0 Å². The van der Waals surface area contributed by atoms with Crippen molar-refractivity contribution >= 4 is 22.8 Å². The van der Waals surface area contributed by atoms with Gasteiger partial charge in [-0.05, 0) is 38.6 Å². The number of anilines is 2. The van der Waals surface area contributed by atoms with Crippen LogP contribution in [0.4, 0.5) is 11.7 Å². The van der Waals surface area contributed by atoms with E-state index in [0.29, 0.717) is 11.7 Å². The van der Waals surface area contributed by atoms with Crippen LogP contribution in [0, 0.1) is 0 Å². The second kappa shape index (κ2) is 5.32. The number of hydrogen-bond acceptors (Lipinski definition) is 5. The predicted octanol–water partition coefficient (Wildman–Crippen LogP) is 2.33. The number of rotatable bonds is 2. The second-order valence-electron chi connectivity index (χ2n) is 5.59. The average Bonchev–Trinajstić information content (AvgIpc) is 2.74. The Kier molecular flexibility index (Phi) is 3.53. The van der Waals surface area contributed by atoms with Gasteiger partial charge in [-0.1, -0.05) is 6.92 Å². The molecule has 20 heavy (non-hydrogen) atoms. The van der Waals surface area contributed by atoms with Gasteiger partial charge in [0.2, 0.25) is 0 Å². The van der Waals surface area contributed by atoms with Crippen molar-refractivity contribution in [1.29, 1.82) is 0 Å². The lowest BCUT2D eigenvalue weighted by Gasteiger charge is -2.28. The zero-order valence-electron chi connectivity index (χ0n) is 12.2. The molecule has 2 N–H and O–H groups in total. The van der Waals surface area contributed by atoms with E-state index in [4.69, 9.17) is 10.2 Å². The third-order valence-corrected chi connectivity index (χ3v) is 4.02. The SMILES string of the molecule is CCC1CN(C)CCCN1c1nc2ccc(N)cc2o1. The summed E-state index contributed by atoms with van der Waals surface area (Å²) in [4.78, 5) is 9.32. The predicted molar refractivity (Wildman–Crippen MR) is 82.0 cm³/mol. The molecule has 1 fully saturated rings. The molecule has 1 saturated heterocycles. The number of benzene rings is 1. The molecule has 1 aliphatic rings. The Morgan fingerprint density at radius 1 is 1.40 bits per heavy atom. The monoisotopic (exact) mass is 274 g/mol. The molecule has 3 rings (SSSR count). The van der Waals surface area contributed by atoms with Gasteiger partial charge in [-0.15, -0.1) is 0 Å². The quantitative estimate of drug-likeness (QED) is 0.852. The summed E-state index contributed by atoms with van der Waals surface area (Å²) in [5, 5.41) is 0. The van der Waals surface area contributed by atoms with Gasteiger partial charge in [0.15, 0.2) is 5.58 Å². The van der Waals surface area contributed by atoms with Gasteiger partial charge < -0.3 is 20.0 Å². The lowest BCUT2D eigenvalue weighted by atomic mass is 10.2. The third kappa shape index (κ3) is 2.45. The molecule has 0 saturated carbocycles. The minimum Gasteiger partial charge on any atom is -0.423 e. The topological polar surface area (TPSA) is 58.5 Å². The molecule has 1 aromatic heterocycles. The van der Waals surface area contributed by atoms with Crippen molar-refractivity contribution in [1.82, 2.24) is 9.88 Å². The van der Waals surface area contributed by atoms with Crippen LogP contribution in [0.1, 0.15) is 19.8 Å². The number of nitrogens with two attached hydrogens (primary N) is 1. The fourth-order valence-electron chi connectivity index (χ4n) is 2.90. The molecule has 5 nitrogen and oxygen atoms in total. The van der Waals surface area contributed by atoms with Gasteiger partial charge in [-0.2, -0.15) is 4.98 Å². The highest BCUT2D eigenvalue weighted by Gasteiger charge is 2.25. The Morgan fingerprint density at radius 3 is 3.05 bits per heavy atom. The molecule has 2 heterocycles. The van der Waals surface area contributed by atoms with Gasteiger partial charge in [0, 0.05) is 30.9 Å². The lowest BCUT2D eigenvalue weighted by molar-refractivity contribution is 0.325. The van der Waals surface area contributed by atoms with Crippen LogP contribution in [0.15, 0.2) is 22.6 Å². The van der Waals surface area contributed by atoms with Crippen molar-refractivity contribution in [2.75, 3.05) is 37.3 Å². The summed E-state index contributed by atoms with van der Waals surface area (Å²) < 4.78 is 5.93. The molecule has 5 heteroatoms. The van der Waals surface area contributed by atoms with Gasteiger partial charge in [-0.25, -0.2) is 0 Å². The smallest absolute Gasteiger partial charge is 0.298 e. The van der Waals surface area contributed by atoms with Crippen LogP contribution >= 0.6 is 0 Å². The van der Waals surface area contributed by atoms with Crippen molar-refractivity contribution in [2.45, 2.75) is 25.8 Å². The third-order valence-electron chi connectivity index (χ3n) is 4.02. The molecule has 0 bridgehead atoms. The number of oxazole rings is 1. The molecule has 0 radical (unpaired) electrons. The van der Waals surface area contributed by atoms with Crippen LogP contribution in [0.5, 0.6) is 0 Å². The maximum atomic E-state index is 5.93. The van der Waals surface area contributed by atoms with Crippen LogP contribution in [-0.4, -0.2) is 42.6 Å². The Hall–Kier alpha value is -1.75. The first-order valence-corrected chi connectivity index (χ1v) is 7.28. The minimum atomic E-state index is 0.452. The summed E-state index contributed by atoms with van der Waals surface area (Å²) in [6.45, 7) is 5.39. The highest BCUT2D eigenvalue weighted by molar-refractivity contribution is 5.78. The number of likely N-dealkylation sites (N-methyl/N-ethyl adjacent to an activating group) is 1. The zero-order chi connectivity index (χ0) is 14.1. The molecule has 0 amide bonds. The number of aromatic nitrogens is 1. The van der Waals surface area contributed by atoms with E-state index in [9.17, 15) is 0 Å². The number of nitrogen functional groups attached to an aromatic ring is 1. The second-order valence-corrected chi connectivity index (χ2v) is 5.59. The summed E-state index contributed by atoms with van der Waals surface area (Å²) in [6, 6.07) is 6.81. The van der Waals surface area contributed by atoms with Gasteiger partial charge in [-0.3, -0.25) is 0 Å². The molecule has 1 unspecified atom stereocenters. The molecule has 2 aromatic rings. The van der Waals surface area contributed by atoms with E-state index in [0.717, 1.165) is 49.6 Å². The Bertz CT molecular complexity index is 595. The average molecular weight is 274 g/mol. The Labute approximate surface area is 119 Å². The summed E-state index contributed by atoms with van der Waals surface area (Å²) in [7, 11) is 2.18. The first kappa shape index (κ1) is 13.2. The van der Waals surface area contributed by atoms with Crippen molar-refractivity contribution < 1.29 is 4.42 Å². The van der Waals surface area contributed by atoms with Crippen LogP contribution < -0.4 is 10.6 Å². The maximum absolute atomic E-state index is 5.93. The van der Waals surface area contributed by atoms with E-state index in [2.05, 4.69) is 28.8 Å².